The normalized spacial score (nSPS) is 15.2. The number of imide groups is 1. The summed E-state index contributed by atoms with van der Waals surface area (Å²) in [5.74, 6) is -0.319. The monoisotopic (exact) mass is 355 g/mol. The molecule has 0 saturated carbocycles. The molecule has 9 heteroatoms. The number of urea groups is 1. The zero-order valence-electron chi connectivity index (χ0n) is 13.3. The van der Waals surface area contributed by atoms with Gasteiger partial charge in [-0.25, -0.2) is 9.59 Å². The number of carbonyl (C=O) groups excluding carboxylic acids is 3. The molecule has 0 aromatic heterocycles. The van der Waals surface area contributed by atoms with E-state index < -0.39 is 18.0 Å². The second kappa shape index (κ2) is 7.98. The Morgan fingerprint density at radius 2 is 2.17 bits per heavy atom. The van der Waals surface area contributed by atoms with Gasteiger partial charge in [0.05, 0.1) is 25.8 Å². The van der Waals surface area contributed by atoms with Gasteiger partial charge in [0.25, 0.3) is 0 Å². The van der Waals surface area contributed by atoms with Crippen molar-refractivity contribution in [3.05, 3.63) is 28.8 Å². The van der Waals surface area contributed by atoms with Crippen molar-refractivity contribution in [2.24, 2.45) is 0 Å². The lowest BCUT2D eigenvalue weighted by Gasteiger charge is -2.19. The highest BCUT2D eigenvalue weighted by Crippen LogP contribution is 2.28. The number of esters is 1. The second-order valence-electron chi connectivity index (χ2n) is 5.01. The van der Waals surface area contributed by atoms with E-state index in [1.165, 1.54) is 14.2 Å². The van der Waals surface area contributed by atoms with E-state index in [1.54, 1.807) is 18.2 Å². The average Bonchev–Trinajstić information content (AvgIpc) is 2.89. The maximum atomic E-state index is 12.0. The van der Waals surface area contributed by atoms with Crippen LogP contribution in [0.5, 0.6) is 5.75 Å². The number of nitrogens with one attached hydrogen (secondary N) is 2. The van der Waals surface area contributed by atoms with Gasteiger partial charge in [-0.2, -0.15) is 0 Å². The van der Waals surface area contributed by atoms with Gasteiger partial charge in [0, 0.05) is 13.1 Å². The quantitative estimate of drug-likeness (QED) is 0.552. The van der Waals surface area contributed by atoms with Crippen LogP contribution in [0.4, 0.5) is 4.79 Å². The van der Waals surface area contributed by atoms with Gasteiger partial charge < -0.3 is 14.8 Å². The lowest BCUT2D eigenvalue weighted by Crippen LogP contribution is -2.39. The third-order valence-corrected chi connectivity index (χ3v) is 3.86. The topological polar surface area (TPSA) is 97.0 Å². The molecule has 1 fully saturated rings. The molecule has 8 nitrogen and oxygen atoms in total. The minimum absolute atomic E-state index is 0.00660. The summed E-state index contributed by atoms with van der Waals surface area (Å²) in [4.78, 5) is 36.1. The molecule has 3 amide bonds. The molecule has 1 saturated heterocycles. The molecule has 1 atom stereocenters. The maximum absolute atomic E-state index is 12.0. The Labute approximate surface area is 144 Å². The van der Waals surface area contributed by atoms with Gasteiger partial charge >= 0.3 is 12.0 Å². The van der Waals surface area contributed by atoms with E-state index in [-0.39, 0.29) is 25.5 Å². The zero-order chi connectivity index (χ0) is 17.7. The van der Waals surface area contributed by atoms with Crippen LogP contribution >= 0.6 is 11.6 Å². The van der Waals surface area contributed by atoms with Crippen molar-refractivity contribution in [2.75, 3.05) is 33.9 Å². The summed E-state index contributed by atoms with van der Waals surface area (Å²) in [7, 11) is 2.77. The summed E-state index contributed by atoms with van der Waals surface area (Å²) < 4.78 is 9.87. The first-order chi connectivity index (χ1) is 11.5. The fourth-order valence-corrected chi connectivity index (χ4v) is 2.59. The molecule has 1 heterocycles. The van der Waals surface area contributed by atoms with Crippen LogP contribution in [-0.2, 0) is 14.3 Å². The lowest BCUT2D eigenvalue weighted by molar-refractivity contribution is -0.143. The van der Waals surface area contributed by atoms with Gasteiger partial charge in [-0.15, -0.1) is 0 Å². The van der Waals surface area contributed by atoms with Crippen LogP contribution in [-0.4, -0.2) is 56.7 Å². The molecular formula is C15H18ClN3O5. The van der Waals surface area contributed by atoms with E-state index in [4.69, 9.17) is 21.1 Å². The first-order valence-corrected chi connectivity index (χ1v) is 7.58. The summed E-state index contributed by atoms with van der Waals surface area (Å²) in [5.41, 5.74) is 0.588. The van der Waals surface area contributed by atoms with Crippen molar-refractivity contribution < 1.29 is 23.9 Å². The van der Waals surface area contributed by atoms with Gasteiger partial charge in [-0.1, -0.05) is 17.7 Å². The first kappa shape index (κ1) is 18.0. The summed E-state index contributed by atoms with van der Waals surface area (Å²) in [6, 6.07) is 3.71. The molecule has 0 radical (unpaired) electrons. The number of hydrogen-bond acceptors (Lipinski definition) is 6. The van der Waals surface area contributed by atoms with E-state index in [1.807, 2.05) is 0 Å². The molecule has 0 aliphatic carbocycles. The molecule has 24 heavy (non-hydrogen) atoms. The number of ether oxygens (including phenoxy) is 2. The number of rotatable bonds is 7. The molecule has 2 N–H and O–H groups in total. The Bertz CT molecular complexity index is 636. The van der Waals surface area contributed by atoms with Crippen LogP contribution < -0.4 is 15.4 Å². The minimum Gasteiger partial charge on any atom is -0.495 e. The molecule has 1 aromatic rings. The van der Waals surface area contributed by atoms with Gasteiger partial charge in [0.2, 0.25) is 5.91 Å². The first-order valence-electron chi connectivity index (χ1n) is 7.20. The smallest absolute Gasteiger partial charge is 0.327 e. The van der Waals surface area contributed by atoms with E-state index in [9.17, 15) is 14.4 Å². The SMILES string of the molecule is COC(=O)[C@H](NCCN1C(=O)CNC1=O)c1ccc(OC)c(Cl)c1. The number of methoxy groups -OCH3 is 2. The van der Waals surface area contributed by atoms with Crippen LogP contribution in [0, 0.1) is 0 Å². The highest BCUT2D eigenvalue weighted by atomic mass is 35.5. The highest BCUT2D eigenvalue weighted by Gasteiger charge is 2.29. The Morgan fingerprint density at radius 3 is 2.71 bits per heavy atom. The van der Waals surface area contributed by atoms with Gasteiger partial charge in [-0.3, -0.25) is 15.0 Å². The van der Waals surface area contributed by atoms with Crippen LogP contribution in [0.25, 0.3) is 0 Å². The van der Waals surface area contributed by atoms with Crippen molar-refractivity contribution in [3.63, 3.8) is 0 Å². The van der Waals surface area contributed by atoms with Crippen molar-refractivity contribution in [1.29, 1.82) is 0 Å². The number of halogens is 1. The van der Waals surface area contributed by atoms with Crippen molar-refractivity contribution >= 4 is 29.5 Å². The maximum Gasteiger partial charge on any atom is 0.327 e. The molecule has 1 aliphatic heterocycles. The molecule has 130 valence electrons. The molecule has 2 rings (SSSR count). The number of amides is 3. The average molecular weight is 356 g/mol. The van der Waals surface area contributed by atoms with Crippen LogP contribution in [0.2, 0.25) is 5.02 Å². The fraction of sp³-hybridized carbons (Fsp3) is 0.400. The van der Waals surface area contributed by atoms with E-state index in [0.29, 0.717) is 16.3 Å². The summed E-state index contributed by atoms with van der Waals surface area (Å²) in [6.07, 6.45) is 0. The lowest BCUT2D eigenvalue weighted by atomic mass is 10.1. The summed E-state index contributed by atoms with van der Waals surface area (Å²) in [5, 5.41) is 5.76. The zero-order valence-corrected chi connectivity index (χ0v) is 14.1. The predicted molar refractivity (Wildman–Crippen MR) is 85.9 cm³/mol. The van der Waals surface area contributed by atoms with Crippen molar-refractivity contribution in [3.8, 4) is 5.75 Å². The van der Waals surface area contributed by atoms with Crippen LogP contribution in [0.1, 0.15) is 11.6 Å². The Morgan fingerprint density at radius 1 is 1.42 bits per heavy atom. The number of benzene rings is 1. The number of hydrogen-bond donors (Lipinski definition) is 2. The third kappa shape index (κ3) is 3.95. The summed E-state index contributed by atoms with van der Waals surface area (Å²) in [6.45, 7) is 0.359. The molecule has 0 bridgehead atoms. The van der Waals surface area contributed by atoms with Gasteiger partial charge in [-0.05, 0) is 17.7 Å². The molecule has 0 unspecified atom stereocenters. The molecular weight excluding hydrogens is 338 g/mol. The third-order valence-electron chi connectivity index (χ3n) is 3.57. The Hall–Kier alpha value is -2.32. The molecule has 1 aliphatic rings. The van der Waals surface area contributed by atoms with Crippen LogP contribution in [0.15, 0.2) is 18.2 Å². The van der Waals surface area contributed by atoms with Crippen molar-refractivity contribution in [2.45, 2.75) is 6.04 Å². The van der Waals surface area contributed by atoms with E-state index in [2.05, 4.69) is 10.6 Å². The molecule has 0 spiro atoms. The van der Waals surface area contributed by atoms with Gasteiger partial charge in [0.15, 0.2) is 0 Å². The number of carbonyl (C=O) groups is 3. The minimum atomic E-state index is -0.779. The largest absolute Gasteiger partial charge is 0.495 e. The molecule has 1 aromatic carbocycles. The highest BCUT2D eigenvalue weighted by molar-refractivity contribution is 6.32. The van der Waals surface area contributed by atoms with Crippen LogP contribution in [0.3, 0.4) is 0 Å². The summed E-state index contributed by atoms with van der Waals surface area (Å²) >= 11 is 6.09. The Balaban J connectivity index is 2.06. The Kier molecular flexibility index (Phi) is 5.99. The fourth-order valence-electron chi connectivity index (χ4n) is 2.32. The predicted octanol–water partition coefficient (Wildman–Crippen LogP) is 0.704. The second-order valence-corrected chi connectivity index (χ2v) is 5.42. The van der Waals surface area contributed by atoms with E-state index in [0.717, 1.165) is 4.90 Å². The van der Waals surface area contributed by atoms with Crippen molar-refractivity contribution in [1.82, 2.24) is 15.5 Å². The van der Waals surface area contributed by atoms with E-state index >= 15 is 0 Å². The standard InChI is InChI=1S/C15H18ClN3O5/c1-23-11-4-3-9(7-10(11)16)13(14(21)24-2)17-5-6-19-12(20)8-18-15(19)22/h3-4,7,13,17H,5-6,8H2,1-2H3,(H,18,22)/t13-/m1/s1. The number of nitrogens with zero attached hydrogens (tertiary/aromatic N) is 1. The van der Waals surface area contributed by atoms with Gasteiger partial charge in [0.1, 0.15) is 11.8 Å².